The Bertz CT molecular complexity index is 418. The lowest BCUT2D eigenvalue weighted by molar-refractivity contribution is -0.129. The van der Waals surface area contributed by atoms with Gasteiger partial charge in [0, 0.05) is 19.1 Å². The first-order valence-corrected chi connectivity index (χ1v) is 8.91. The van der Waals surface area contributed by atoms with E-state index in [4.69, 9.17) is 0 Å². The molecule has 0 aromatic heterocycles. The molecule has 1 aliphatic heterocycles. The van der Waals surface area contributed by atoms with E-state index in [0.29, 0.717) is 18.5 Å². The fraction of sp³-hybridized carbons (Fsp3) is 0.882. The quantitative estimate of drug-likeness (QED) is 0.741. The van der Waals surface area contributed by atoms with Crippen molar-refractivity contribution < 1.29 is 9.59 Å². The normalized spacial score (nSPS) is 27.2. The first kappa shape index (κ1) is 15.8. The van der Waals surface area contributed by atoms with E-state index in [1.807, 2.05) is 0 Å². The molecule has 124 valence electrons. The zero-order valence-electron chi connectivity index (χ0n) is 13.6. The standard InChI is InChI=1S/C17H29N3O2/c1-12(14-6-7-14)19-16(21)11-20-8-2-3-15(10-20)17(22)18-9-13-4-5-13/h12-15H,2-11H2,1H3,(H,18,22)(H,19,21)/t12-,15-/m1/s1. The third-order valence-corrected chi connectivity index (χ3v) is 5.22. The molecule has 0 aromatic rings. The number of piperidine rings is 1. The summed E-state index contributed by atoms with van der Waals surface area (Å²) in [6, 6.07) is 0.301. The van der Waals surface area contributed by atoms with Gasteiger partial charge in [0.15, 0.2) is 0 Å². The second kappa shape index (κ2) is 6.99. The molecule has 0 spiro atoms. The second-order valence-electron chi connectivity index (χ2n) is 7.46. The van der Waals surface area contributed by atoms with Crippen molar-refractivity contribution in [2.45, 2.75) is 51.5 Å². The van der Waals surface area contributed by atoms with Crippen LogP contribution in [0.15, 0.2) is 0 Å². The van der Waals surface area contributed by atoms with Gasteiger partial charge in [-0.1, -0.05) is 0 Å². The summed E-state index contributed by atoms with van der Waals surface area (Å²) < 4.78 is 0. The predicted octanol–water partition coefficient (Wildman–Crippen LogP) is 1.14. The molecular weight excluding hydrogens is 278 g/mol. The van der Waals surface area contributed by atoms with Gasteiger partial charge in [0.05, 0.1) is 12.5 Å². The molecule has 2 aliphatic carbocycles. The van der Waals surface area contributed by atoms with Crippen molar-refractivity contribution >= 4 is 11.8 Å². The maximum Gasteiger partial charge on any atom is 0.234 e. The van der Waals surface area contributed by atoms with Crippen LogP contribution in [0.25, 0.3) is 0 Å². The van der Waals surface area contributed by atoms with Crippen molar-refractivity contribution in [3.05, 3.63) is 0 Å². The number of hydrogen-bond donors (Lipinski definition) is 2. The molecule has 22 heavy (non-hydrogen) atoms. The Morgan fingerprint density at radius 2 is 1.95 bits per heavy atom. The van der Waals surface area contributed by atoms with E-state index >= 15 is 0 Å². The van der Waals surface area contributed by atoms with Crippen LogP contribution in [0.2, 0.25) is 0 Å². The van der Waals surface area contributed by atoms with Gasteiger partial charge in [-0.3, -0.25) is 14.5 Å². The summed E-state index contributed by atoms with van der Waals surface area (Å²) in [4.78, 5) is 26.4. The van der Waals surface area contributed by atoms with Crippen LogP contribution >= 0.6 is 0 Å². The van der Waals surface area contributed by atoms with Crippen LogP contribution in [0, 0.1) is 17.8 Å². The Kier molecular flexibility index (Phi) is 5.01. The molecular formula is C17H29N3O2. The Labute approximate surface area is 133 Å². The van der Waals surface area contributed by atoms with E-state index < -0.39 is 0 Å². The van der Waals surface area contributed by atoms with Crippen molar-refractivity contribution in [1.82, 2.24) is 15.5 Å². The van der Waals surface area contributed by atoms with Gasteiger partial charge in [0.2, 0.25) is 11.8 Å². The lowest BCUT2D eigenvalue weighted by Crippen LogP contribution is -2.48. The molecule has 3 rings (SSSR count). The van der Waals surface area contributed by atoms with Gasteiger partial charge >= 0.3 is 0 Å². The molecule has 5 heteroatoms. The summed E-state index contributed by atoms with van der Waals surface area (Å²) in [6.07, 6.45) is 6.97. The predicted molar refractivity (Wildman–Crippen MR) is 85.2 cm³/mol. The average Bonchev–Trinajstić information content (AvgIpc) is 3.38. The summed E-state index contributed by atoms with van der Waals surface area (Å²) in [5.74, 6) is 1.76. The van der Waals surface area contributed by atoms with Gasteiger partial charge in [0.25, 0.3) is 0 Å². The molecule has 0 radical (unpaired) electrons. The van der Waals surface area contributed by atoms with Gasteiger partial charge in [-0.25, -0.2) is 0 Å². The summed E-state index contributed by atoms with van der Waals surface area (Å²) >= 11 is 0. The van der Waals surface area contributed by atoms with E-state index in [-0.39, 0.29) is 17.7 Å². The number of hydrogen-bond acceptors (Lipinski definition) is 3. The highest BCUT2D eigenvalue weighted by atomic mass is 16.2. The number of rotatable bonds is 7. The fourth-order valence-corrected chi connectivity index (χ4v) is 3.34. The molecule has 3 aliphatic rings. The highest BCUT2D eigenvalue weighted by Gasteiger charge is 2.31. The molecule has 1 heterocycles. The van der Waals surface area contributed by atoms with Crippen molar-refractivity contribution in [2.75, 3.05) is 26.2 Å². The van der Waals surface area contributed by atoms with Crippen molar-refractivity contribution in [2.24, 2.45) is 17.8 Å². The molecule has 2 saturated carbocycles. The van der Waals surface area contributed by atoms with Crippen LogP contribution in [0.3, 0.4) is 0 Å². The van der Waals surface area contributed by atoms with E-state index in [9.17, 15) is 9.59 Å². The molecule has 0 bridgehead atoms. The number of nitrogens with one attached hydrogen (secondary N) is 2. The minimum atomic E-state index is 0.0566. The number of carbonyl (C=O) groups is 2. The summed E-state index contributed by atoms with van der Waals surface area (Å²) in [5.41, 5.74) is 0. The third kappa shape index (κ3) is 4.70. The molecule has 2 atom stereocenters. The van der Waals surface area contributed by atoms with Gasteiger partial charge in [-0.2, -0.15) is 0 Å². The first-order chi connectivity index (χ1) is 10.6. The SMILES string of the molecule is C[C@@H](NC(=O)CN1CCC[C@@H](C(=O)NCC2CC2)C1)C1CC1. The van der Waals surface area contributed by atoms with Crippen molar-refractivity contribution in [3.8, 4) is 0 Å². The summed E-state index contributed by atoms with van der Waals surface area (Å²) in [6.45, 7) is 5.03. The van der Waals surface area contributed by atoms with Crippen LogP contribution in [-0.2, 0) is 9.59 Å². The smallest absolute Gasteiger partial charge is 0.234 e. The lowest BCUT2D eigenvalue weighted by atomic mass is 9.97. The molecule has 3 fully saturated rings. The van der Waals surface area contributed by atoms with Crippen LogP contribution in [-0.4, -0.2) is 48.9 Å². The van der Waals surface area contributed by atoms with Crippen molar-refractivity contribution in [3.63, 3.8) is 0 Å². The van der Waals surface area contributed by atoms with Crippen LogP contribution in [0.5, 0.6) is 0 Å². The topological polar surface area (TPSA) is 61.4 Å². The number of likely N-dealkylation sites (tertiary alicyclic amines) is 1. The lowest BCUT2D eigenvalue weighted by Gasteiger charge is -2.31. The third-order valence-electron chi connectivity index (χ3n) is 5.22. The van der Waals surface area contributed by atoms with Gasteiger partial charge in [-0.15, -0.1) is 0 Å². The highest BCUT2D eigenvalue weighted by Crippen LogP contribution is 2.32. The van der Waals surface area contributed by atoms with Gasteiger partial charge in [-0.05, 0) is 63.8 Å². The molecule has 0 unspecified atom stereocenters. The van der Waals surface area contributed by atoms with Crippen LogP contribution < -0.4 is 10.6 Å². The summed E-state index contributed by atoms with van der Waals surface area (Å²) in [5, 5.41) is 6.18. The molecule has 5 nitrogen and oxygen atoms in total. The van der Waals surface area contributed by atoms with Gasteiger partial charge < -0.3 is 10.6 Å². The Morgan fingerprint density at radius 3 is 2.64 bits per heavy atom. The summed E-state index contributed by atoms with van der Waals surface area (Å²) in [7, 11) is 0. The minimum Gasteiger partial charge on any atom is -0.356 e. The molecule has 2 amide bonds. The minimum absolute atomic E-state index is 0.0566. The number of carbonyl (C=O) groups excluding carboxylic acids is 2. The largest absolute Gasteiger partial charge is 0.356 e. The first-order valence-electron chi connectivity index (χ1n) is 8.91. The molecule has 2 N–H and O–H groups in total. The number of nitrogens with zero attached hydrogens (tertiary/aromatic N) is 1. The Balaban J connectivity index is 1.39. The van der Waals surface area contributed by atoms with Crippen LogP contribution in [0.1, 0.15) is 45.4 Å². The zero-order chi connectivity index (χ0) is 15.5. The Morgan fingerprint density at radius 1 is 1.18 bits per heavy atom. The molecule has 0 aromatic carbocycles. The zero-order valence-corrected chi connectivity index (χ0v) is 13.6. The highest BCUT2D eigenvalue weighted by molar-refractivity contribution is 5.80. The van der Waals surface area contributed by atoms with E-state index in [0.717, 1.165) is 38.4 Å². The maximum atomic E-state index is 12.2. The van der Waals surface area contributed by atoms with E-state index in [2.05, 4.69) is 22.5 Å². The fourth-order valence-electron chi connectivity index (χ4n) is 3.34. The van der Waals surface area contributed by atoms with Gasteiger partial charge in [0.1, 0.15) is 0 Å². The average molecular weight is 307 g/mol. The van der Waals surface area contributed by atoms with E-state index in [1.165, 1.54) is 25.7 Å². The second-order valence-corrected chi connectivity index (χ2v) is 7.46. The van der Waals surface area contributed by atoms with Crippen molar-refractivity contribution in [1.29, 1.82) is 0 Å². The number of amides is 2. The Hall–Kier alpha value is -1.10. The maximum absolute atomic E-state index is 12.2. The van der Waals surface area contributed by atoms with Crippen LogP contribution in [0.4, 0.5) is 0 Å². The molecule has 1 saturated heterocycles. The monoisotopic (exact) mass is 307 g/mol. The van der Waals surface area contributed by atoms with E-state index in [1.54, 1.807) is 0 Å².